The molecule has 2 rings (SSSR count). The zero-order valence-corrected chi connectivity index (χ0v) is 22.3. The predicted molar refractivity (Wildman–Crippen MR) is 138 cm³/mol. The molecule has 2 aromatic rings. The minimum Gasteiger partial charge on any atom is -0.354 e. The smallest absolute Gasteiger partial charge is 0.244 e. The second kappa shape index (κ2) is 12.6. The highest BCUT2D eigenvalue weighted by molar-refractivity contribution is 7.92. The van der Waals surface area contributed by atoms with E-state index >= 15 is 0 Å². The van der Waals surface area contributed by atoms with Crippen LogP contribution in [0.4, 0.5) is 5.69 Å². The van der Waals surface area contributed by atoms with Gasteiger partial charge in [0.2, 0.25) is 21.8 Å². The van der Waals surface area contributed by atoms with Gasteiger partial charge >= 0.3 is 0 Å². The average molecular weight is 549 g/mol. The molecular formula is C23H28Cl3N3O4S. The highest BCUT2D eigenvalue weighted by Crippen LogP contribution is 2.28. The van der Waals surface area contributed by atoms with Gasteiger partial charge in [-0.1, -0.05) is 60.8 Å². The van der Waals surface area contributed by atoms with Crippen LogP contribution in [0.15, 0.2) is 42.5 Å². The molecule has 1 N–H and O–H groups in total. The zero-order valence-electron chi connectivity index (χ0n) is 19.2. The second-order valence-corrected chi connectivity index (χ2v) is 10.9. The van der Waals surface area contributed by atoms with Gasteiger partial charge in [-0.05, 0) is 48.7 Å². The Morgan fingerprint density at radius 2 is 1.65 bits per heavy atom. The molecule has 34 heavy (non-hydrogen) atoms. The van der Waals surface area contributed by atoms with Crippen molar-refractivity contribution in [1.82, 2.24) is 10.2 Å². The third-order valence-electron chi connectivity index (χ3n) is 5.07. The number of sulfonamides is 1. The van der Waals surface area contributed by atoms with Crippen molar-refractivity contribution in [2.24, 2.45) is 0 Å². The third kappa shape index (κ3) is 7.77. The van der Waals surface area contributed by atoms with Crippen molar-refractivity contribution in [1.29, 1.82) is 0 Å². The first-order valence-electron chi connectivity index (χ1n) is 10.7. The van der Waals surface area contributed by atoms with Crippen LogP contribution in [-0.2, 0) is 26.2 Å². The van der Waals surface area contributed by atoms with E-state index in [1.165, 1.54) is 23.1 Å². The van der Waals surface area contributed by atoms with Crippen LogP contribution in [0.3, 0.4) is 0 Å². The number of amides is 2. The van der Waals surface area contributed by atoms with Gasteiger partial charge < -0.3 is 10.2 Å². The van der Waals surface area contributed by atoms with Gasteiger partial charge in [-0.15, -0.1) is 0 Å². The quantitative estimate of drug-likeness (QED) is 0.439. The van der Waals surface area contributed by atoms with Gasteiger partial charge in [0.1, 0.15) is 12.6 Å². The number of rotatable bonds is 11. The van der Waals surface area contributed by atoms with E-state index in [9.17, 15) is 18.0 Å². The first-order chi connectivity index (χ1) is 16.0. The Balaban J connectivity index is 2.43. The Kier molecular flexibility index (Phi) is 10.5. The lowest BCUT2D eigenvalue weighted by Gasteiger charge is -2.33. The summed E-state index contributed by atoms with van der Waals surface area (Å²) in [5.41, 5.74) is 0.945. The first-order valence-corrected chi connectivity index (χ1v) is 13.7. The molecule has 0 aliphatic heterocycles. The van der Waals surface area contributed by atoms with Crippen LogP contribution in [0.2, 0.25) is 15.1 Å². The Morgan fingerprint density at radius 1 is 1.00 bits per heavy atom. The van der Waals surface area contributed by atoms with E-state index in [0.717, 1.165) is 22.5 Å². The lowest BCUT2D eigenvalue weighted by molar-refractivity contribution is -0.140. The molecular weight excluding hydrogens is 521 g/mol. The van der Waals surface area contributed by atoms with Crippen molar-refractivity contribution in [2.75, 3.05) is 23.7 Å². The average Bonchev–Trinajstić information content (AvgIpc) is 2.78. The number of carbonyl (C=O) groups is 2. The third-order valence-corrected chi connectivity index (χ3v) is 7.20. The number of nitrogens with zero attached hydrogens (tertiary/aromatic N) is 2. The number of anilines is 1. The highest BCUT2D eigenvalue weighted by Gasteiger charge is 2.31. The molecule has 1 unspecified atom stereocenters. The summed E-state index contributed by atoms with van der Waals surface area (Å²) >= 11 is 18.0. The maximum absolute atomic E-state index is 13.5. The van der Waals surface area contributed by atoms with Crippen LogP contribution < -0.4 is 9.62 Å². The fourth-order valence-electron chi connectivity index (χ4n) is 3.33. The molecule has 2 amide bonds. The van der Waals surface area contributed by atoms with E-state index in [-0.39, 0.29) is 28.2 Å². The first kappa shape index (κ1) is 28.2. The maximum Gasteiger partial charge on any atom is 0.244 e. The fraction of sp³-hybridized carbons (Fsp3) is 0.391. The maximum atomic E-state index is 13.5. The van der Waals surface area contributed by atoms with E-state index in [4.69, 9.17) is 34.8 Å². The number of hydrogen-bond acceptors (Lipinski definition) is 4. The fourth-order valence-corrected chi connectivity index (χ4v) is 4.59. The van der Waals surface area contributed by atoms with Crippen molar-refractivity contribution in [2.45, 2.75) is 39.3 Å². The summed E-state index contributed by atoms with van der Waals surface area (Å²) in [5.74, 6) is -0.836. The van der Waals surface area contributed by atoms with Gasteiger partial charge in [0.05, 0.1) is 22.0 Å². The second-order valence-electron chi connectivity index (χ2n) is 7.73. The molecule has 0 heterocycles. The van der Waals surface area contributed by atoms with Gasteiger partial charge in [-0.3, -0.25) is 13.9 Å². The number of carbonyl (C=O) groups excluding carboxylic acids is 2. The summed E-state index contributed by atoms with van der Waals surface area (Å²) in [6.07, 6.45) is 2.09. The van der Waals surface area contributed by atoms with Crippen molar-refractivity contribution < 1.29 is 18.0 Å². The molecule has 1 atom stereocenters. The zero-order chi connectivity index (χ0) is 25.5. The lowest BCUT2D eigenvalue weighted by atomic mass is 10.1. The Bertz CT molecular complexity index is 1110. The molecule has 0 bridgehead atoms. The van der Waals surface area contributed by atoms with E-state index < -0.39 is 28.5 Å². The van der Waals surface area contributed by atoms with Gasteiger partial charge in [-0.2, -0.15) is 0 Å². The highest BCUT2D eigenvalue weighted by atomic mass is 35.5. The Hall–Kier alpha value is -2.00. The summed E-state index contributed by atoms with van der Waals surface area (Å²) in [7, 11) is -3.86. The summed E-state index contributed by atoms with van der Waals surface area (Å²) < 4.78 is 26.1. The SMILES string of the molecule is CCCNC(=O)C(CC)N(Cc1ccc(Cl)cc1)C(=O)CN(c1ccc(Cl)c(Cl)c1)S(C)(=O)=O. The number of nitrogens with one attached hydrogen (secondary N) is 1. The largest absolute Gasteiger partial charge is 0.354 e. The molecule has 0 saturated carbocycles. The molecule has 0 fully saturated rings. The minimum absolute atomic E-state index is 0.104. The summed E-state index contributed by atoms with van der Waals surface area (Å²) in [6.45, 7) is 3.79. The summed E-state index contributed by atoms with van der Waals surface area (Å²) in [4.78, 5) is 27.8. The van der Waals surface area contributed by atoms with Crippen LogP contribution in [0, 0.1) is 0 Å². The van der Waals surface area contributed by atoms with E-state index in [1.54, 1.807) is 31.2 Å². The molecule has 2 aromatic carbocycles. The predicted octanol–water partition coefficient (Wildman–Crippen LogP) is 4.75. The van der Waals surface area contributed by atoms with Gasteiger partial charge in [0.25, 0.3) is 0 Å². The Labute approximate surface area is 216 Å². The molecule has 0 aromatic heterocycles. The van der Waals surface area contributed by atoms with Crippen LogP contribution in [0.25, 0.3) is 0 Å². The lowest BCUT2D eigenvalue weighted by Crippen LogP contribution is -2.52. The normalized spacial score (nSPS) is 12.2. The van der Waals surface area contributed by atoms with Gasteiger partial charge in [-0.25, -0.2) is 8.42 Å². The summed E-state index contributed by atoms with van der Waals surface area (Å²) in [6, 6.07) is 10.4. The number of hydrogen-bond donors (Lipinski definition) is 1. The molecule has 0 spiro atoms. The number of halogens is 3. The topological polar surface area (TPSA) is 86.8 Å². The van der Waals surface area contributed by atoms with Crippen molar-refractivity contribution >= 4 is 62.3 Å². The molecule has 0 aliphatic rings. The molecule has 0 saturated heterocycles. The van der Waals surface area contributed by atoms with Crippen molar-refractivity contribution in [3.63, 3.8) is 0 Å². The molecule has 11 heteroatoms. The van der Waals surface area contributed by atoms with E-state index in [2.05, 4.69) is 5.32 Å². The number of benzene rings is 2. The van der Waals surface area contributed by atoms with E-state index in [1.807, 2.05) is 6.92 Å². The van der Waals surface area contributed by atoms with E-state index in [0.29, 0.717) is 18.0 Å². The summed E-state index contributed by atoms with van der Waals surface area (Å²) in [5, 5.41) is 3.78. The van der Waals surface area contributed by atoms with Crippen molar-refractivity contribution in [3.8, 4) is 0 Å². The minimum atomic E-state index is -3.86. The van der Waals surface area contributed by atoms with Crippen LogP contribution in [0.5, 0.6) is 0 Å². The van der Waals surface area contributed by atoms with Crippen molar-refractivity contribution in [3.05, 3.63) is 63.1 Å². The molecule has 186 valence electrons. The molecule has 0 radical (unpaired) electrons. The Morgan fingerprint density at radius 3 is 2.18 bits per heavy atom. The molecule has 7 nitrogen and oxygen atoms in total. The monoisotopic (exact) mass is 547 g/mol. The standard InChI is InChI=1S/C23H28Cl3N3O4S/c1-4-12-27-23(31)21(5-2)28(14-16-6-8-17(24)9-7-16)22(30)15-29(34(3,32)33)18-10-11-19(25)20(26)13-18/h6-11,13,21H,4-5,12,14-15H2,1-3H3,(H,27,31). The van der Waals surface area contributed by atoms with Gasteiger partial charge in [0, 0.05) is 18.1 Å². The van der Waals surface area contributed by atoms with Crippen LogP contribution >= 0.6 is 34.8 Å². The molecule has 0 aliphatic carbocycles. The van der Waals surface area contributed by atoms with Crippen LogP contribution in [-0.4, -0.2) is 50.5 Å². The van der Waals surface area contributed by atoms with Crippen LogP contribution in [0.1, 0.15) is 32.3 Å². The van der Waals surface area contributed by atoms with Gasteiger partial charge in [0.15, 0.2) is 0 Å².